The number of anilines is 2. The third-order valence-electron chi connectivity index (χ3n) is 7.80. The molecule has 2 aliphatic heterocycles. The highest BCUT2D eigenvalue weighted by Crippen LogP contribution is 2.53. The third kappa shape index (κ3) is 5.03. The third-order valence-corrected chi connectivity index (χ3v) is 10.2. The number of methoxy groups -OCH3 is 1. The molecule has 0 radical (unpaired) electrons. The normalized spacial score (nSPS) is 19.0. The molecule has 2 N–H and O–H groups in total. The number of nitrogens with zero attached hydrogens (tertiary/aromatic N) is 1. The van der Waals surface area contributed by atoms with Crippen molar-refractivity contribution in [2.24, 2.45) is 5.92 Å². The van der Waals surface area contributed by atoms with Gasteiger partial charge in [-0.25, -0.2) is 4.90 Å². The Bertz CT molecular complexity index is 1970. The summed E-state index contributed by atoms with van der Waals surface area (Å²) in [5.41, 5.74) is 1.91. The molecule has 44 heavy (non-hydrogen) atoms. The lowest BCUT2D eigenvalue weighted by molar-refractivity contribution is -0.122. The average Bonchev–Trinajstić information content (AvgIpc) is 3.54. The van der Waals surface area contributed by atoms with Gasteiger partial charge in [-0.2, -0.15) is 0 Å². The lowest BCUT2D eigenvalue weighted by Gasteiger charge is -2.29. The maximum absolute atomic E-state index is 13.9. The molecule has 1 aromatic heterocycles. The van der Waals surface area contributed by atoms with Gasteiger partial charge < -0.3 is 19.8 Å². The minimum absolute atomic E-state index is 0.190. The highest BCUT2D eigenvalue weighted by Gasteiger charge is 2.56. The van der Waals surface area contributed by atoms with E-state index in [1.807, 2.05) is 54.6 Å². The molecule has 0 bridgehead atoms. The van der Waals surface area contributed by atoms with Gasteiger partial charge in [0, 0.05) is 16.5 Å². The number of fused-ring (bicyclic) bond motifs is 3. The number of amides is 3. The maximum Gasteiger partial charge on any atom is 0.305 e. The highest BCUT2D eigenvalue weighted by atomic mass is 32.2. The van der Waals surface area contributed by atoms with Crippen LogP contribution < -0.4 is 24.6 Å². The van der Waals surface area contributed by atoms with Crippen molar-refractivity contribution >= 4 is 63.0 Å². The Kier molecular flexibility index (Phi) is 7.19. The van der Waals surface area contributed by atoms with Crippen LogP contribution in [0.3, 0.4) is 0 Å². The number of aromatic amines is 1. The molecule has 1 fully saturated rings. The number of ether oxygens (including phenoxy) is 2. The summed E-state index contributed by atoms with van der Waals surface area (Å²) in [6.45, 7) is -0.190. The summed E-state index contributed by atoms with van der Waals surface area (Å²) < 4.78 is 11.0. The highest BCUT2D eigenvalue weighted by molar-refractivity contribution is 8.00. The minimum atomic E-state index is -0.701. The fraction of sp³-hybridized carbons (Fsp3) is 0.152. The molecule has 0 unspecified atom stereocenters. The van der Waals surface area contributed by atoms with Crippen LogP contribution in [-0.2, 0) is 14.4 Å². The van der Waals surface area contributed by atoms with Gasteiger partial charge in [0.15, 0.2) is 6.61 Å². The van der Waals surface area contributed by atoms with Crippen LogP contribution in [0.1, 0.15) is 16.4 Å². The van der Waals surface area contributed by atoms with E-state index in [2.05, 4.69) is 10.3 Å². The van der Waals surface area contributed by atoms with Crippen molar-refractivity contribution in [3.05, 3.63) is 111 Å². The van der Waals surface area contributed by atoms with E-state index < -0.39 is 17.1 Å². The summed E-state index contributed by atoms with van der Waals surface area (Å²) in [6.07, 6.45) is 0. The lowest BCUT2D eigenvalue weighted by Crippen LogP contribution is -2.32. The van der Waals surface area contributed by atoms with E-state index in [-0.39, 0.29) is 29.2 Å². The number of aromatic nitrogens is 1. The molecule has 2 aliphatic rings. The van der Waals surface area contributed by atoms with Gasteiger partial charge in [-0.3, -0.25) is 19.2 Å². The zero-order valence-electron chi connectivity index (χ0n) is 23.3. The molecule has 0 aliphatic carbocycles. The second-order valence-corrected chi connectivity index (χ2v) is 12.6. The van der Waals surface area contributed by atoms with Crippen LogP contribution in [-0.4, -0.2) is 41.7 Å². The van der Waals surface area contributed by atoms with E-state index in [4.69, 9.17) is 9.47 Å². The summed E-state index contributed by atoms with van der Waals surface area (Å²) in [6, 6.07) is 27.5. The molecule has 11 heteroatoms. The van der Waals surface area contributed by atoms with Crippen molar-refractivity contribution in [2.45, 2.75) is 16.2 Å². The topological polar surface area (TPSA) is 118 Å². The van der Waals surface area contributed by atoms with Crippen molar-refractivity contribution in [2.75, 3.05) is 23.9 Å². The molecule has 9 nitrogen and oxygen atoms in total. The van der Waals surface area contributed by atoms with Crippen molar-refractivity contribution < 1.29 is 23.9 Å². The minimum Gasteiger partial charge on any atom is -0.497 e. The van der Waals surface area contributed by atoms with Gasteiger partial charge >= 0.3 is 4.87 Å². The Balaban J connectivity index is 1.10. The summed E-state index contributed by atoms with van der Waals surface area (Å²) in [5.74, 6) is -1.06. The van der Waals surface area contributed by atoms with Crippen LogP contribution >= 0.6 is 23.1 Å². The number of imide groups is 1. The molecule has 220 valence electrons. The van der Waals surface area contributed by atoms with Crippen LogP contribution in [0.4, 0.5) is 11.4 Å². The molecule has 3 amide bonds. The van der Waals surface area contributed by atoms with E-state index in [1.54, 1.807) is 43.5 Å². The van der Waals surface area contributed by atoms with E-state index >= 15 is 0 Å². The molecular weight excluding hydrogens is 599 g/mol. The Hall–Kier alpha value is -4.87. The van der Waals surface area contributed by atoms with E-state index in [1.165, 1.54) is 16.7 Å². The standard InChI is InChI=1S/C33H25N3O6S2/c1-41-23-14-10-22(11-15-23)36-31(38)27-26(28-30(35-33(40)44-28)43-29(27)32(36)39)19-7-12-24(13-8-19)42-17-25(37)34-21-9-6-18-4-2-3-5-20(18)16-21/h2-16,26-27,29H,17H2,1H3,(H,34,37)(H,35,40)/t26-,27-,29+/m0/s1. The lowest BCUT2D eigenvalue weighted by atomic mass is 9.83. The second kappa shape index (κ2) is 11.3. The summed E-state index contributed by atoms with van der Waals surface area (Å²) in [4.78, 5) is 57.0. The number of thioether (sulfide) groups is 1. The van der Waals surface area contributed by atoms with E-state index in [0.717, 1.165) is 32.5 Å². The SMILES string of the molecule is COc1ccc(N2C(=O)[C@H]3[C@H](c4ccc(OCC(=O)Nc5ccc6ccccc6c5)cc4)c4sc(=O)[nH]c4S[C@H]3C2=O)cc1. The van der Waals surface area contributed by atoms with Crippen molar-refractivity contribution in [1.82, 2.24) is 4.98 Å². The fourth-order valence-electron chi connectivity index (χ4n) is 5.75. The van der Waals surface area contributed by atoms with E-state index in [9.17, 15) is 19.2 Å². The molecule has 0 saturated carbocycles. The number of hydrogen-bond acceptors (Lipinski definition) is 8. The predicted octanol–water partition coefficient (Wildman–Crippen LogP) is 5.41. The number of benzene rings is 4. The van der Waals surface area contributed by atoms with Crippen LogP contribution in [0.5, 0.6) is 11.5 Å². The number of carbonyl (C=O) groups excluding carboxylic acids is 3. The molecule has 3 atom stereocenters. The van der Waals surface area contributed by atoms with Gasteiger partial charge in [0.25, 0.3) is 5.91 Å². The summed E-state index contributed by atoms with van der Waals surface area (Å²) >= 11 is 2.28. The Morgan fingerprint density at radius 2 is 1.61 bits per heavy atom. The number of thiazole rings is 1. The molecule has 0 spiro atoms. The zero-order chi connectivity index (χ0) is 30.4. The van der Waals surface area contributed by atoms with Gasteiger partial charge in [-0.05, 0) is 64.9 Å². The molecular formula is C33H25N3O6S2. The van der Waals surface area contributed by atoms with Crippen LogP contribution in [0.2, 0.25) is 0 Å². The van der Waals surface area contributed by atoms with Crippen molar-refractivity contribution in [3.63, 3.8) is 0 Å². The first kappa shape index (κ1) is 27.9. The maximum atomic E-state index is 13.9. The van der Waals surface area contributed by atoms with Gasteiger partial charge in [0.05, 0.1) is 23.7 Å². The van der Waals surface area contributed by atoms with Gasteiger partial charge in [-0.15, -0.1) is 0 Å². The largest absolute Gasteiger partial charge is 0.497 e. The molecule has 5 aromatic rings. The van der Waals surface area contributed by atoms with Crippen LogP contribution in [0.25, 0.3) is 10.8 Å². The number of rotatable bonds is 7. The first-order valence-electron chi connectivity index (χ1n) is 13.8. The summed E-state index contributed by atoms with van der Waals surface area (Å²) in [7, 11) is 1.55. The first-order valence-corrected chi connectivity index (χ1v) is 15.5. The number of H-pyrrole nitrogens is 1. The average molecular weight is 624 g/mol. The number of nitrogens with one attached hydrogen (secondary N) is 2. The predicted molar refractivity (Wildman–Crippen MR) is 170 cm³/mol. The van der Waals surface area contributed by atoms with Crippen molar-refractivity contribution in [3.8, 4) is 11.5 Å². The van der Waals surface area contributed by atoms with Crippen molar-refractivity contribution in [1.29, 1.82) is 0 Å². The van der Waals surface area contributed by atoms with Crippen LogP contribution in [0, 0.1) is 5.92 Å². The molecule has 7 rings (SSSR count). The number of carbonyl (C=O) groups is 3. The quantitative estimate of drug-likeness (QED) is 0.233. The molecule has 1 saturated heterocycles. The molecule has 4 aromatic carbocycles. The Labute approximate surface area is 259 Å². The van der Waals surface area contributed by atoms with Gasteiger partial charge in [-0.1, -0.05) is 65.6 Å². The second-order valence-electron chi connectivity index (χ2n) is 10.4. The number of hydrogen-bond donors (Lipinski definition) is 2. The summed E-state index contributed by atoms with van der Waals surface area (Å²) in [5, 5.41) is 4.88. The Morgan fingerprint density at radius 1 is 0.886 bits per heavy atom. The van der Waals surface area contributed by atoms with Crippen LogP contribution in [0.15, 0.2) is 101 Å². The van der Waals surface area contributed by atoms with E-state index in [0.29, 0.717) is 27.9 Å². The molecule has 3 heterocycles. The first-order chi connectivity index (χ1) is 21.4. The zero-order valence-corrected chi connectivity index (χ0v) is 24.9. The Morgan fingerprint density at radius 3 is 2.36 bits per heavy atom. The van der Waals surface area contributed by atoms with Gasteiger partial charge in [0.2, 0.25) is 11.8 Å². The monoisotopic (exact) mass is 623 g/mol. The smallest absolute Gasteiger partial charge is 0.305 e. The van der Waals surface area contributed by atoms with Gasteiger partial charge in [0.1, 0.15) is 16.7 Å². The fourth-order valence-corrected chi connectivity index (χ4v) is 8.26.